The molecule has 2 heterocycles. The summed E-state index contributed by atoms with van der Waals surface area (Å²) in [5, 5.41) is 0.545. The normalized spacial score (nSPS) is 15.2. The van der Waals surface area contributed by atoms with Crippen LogP contribution in [0, 0.1) is 0 Å². The SMILES string of the molecule is CSc1ncccc1C(=O)N1CC(S(=O)(=O)c2ccc(Cl)cc2)C1. The molecule has 0 N–H and O–H groups in total. The Morgan fingerprint density at radius 1 is 1.25 bits per heavy atom. The summed E-state index contributed by atoms with van der Waals surface area (Å²) in [7, 11) is -3.46. The maximum absolute atomic E-state index is 12.6. The first-order chi connectivity index (χ1) is 11.4. The summed E-state index contributed by atoms with van der Waals surface area (Å²) < 4.78 is 25.1. The van der Waals surface area contributed by atoms with E-state index in [0.717, 1.165) is 0 Å². The number of carbonyl (C=O) groups excluding carboxylic acids is 1. The summed E-state index contributed by atoms with van der Waals surface area (Å²) in [5.74, 6) is -0.185. The topological polar surface area (TPSA) is 67.3 Å². The molecule has 0 atom stereocenters. The third-order valence-electron chi connectivity index (χ3n) is 3.91. The Balaban J connectivity index is 1.73. The zero-order valence-corrected chi connectivity index (χ0v) is 15.2. The van der Waals surface area contributed by atoms with E-state index in [1.807, 2.05) is 6.26 Å². The van der Waals surface area contributed by atoms with Gasteiger partial charge in [0.1, 0.15) is 10.3 Å². The second-order valence-corrected chi connectivity index (χ2v) is 8.85. The second-order valence-electron chi connectivity index (χ2n) is 5.39. The Kier molecular flexibility index (Phi) is 4.85. The number of nitrogens with zero attached hydrogens (tertiary/aromatic N) is 2. The molecule has 24 heavy (non-hydrogen) atoms. The molecule has 1 saturated heterocycles. The van der Waals surface area contributed by atoms with E-state index in [0.29, 0.717) is 15.6 Å². The molecule has 1 aliphatic rings. The first-order valence-electron chi connectivity index (χ1n) is 7.21. The maximum atomic E-state index is 12.6. The number of amides is 1. The molecule has 0 unspecified atom stereocenters. The zero-order chi connectivity index (χ0) is 17.3. The molecule has 0 bridgehead atoms. The van der Waals surface area contributed by atoms with Crippen molar-refractivity contribution in [2.45, 2.75) is 15.2 Å². The summed E-state index contributed by atoms with van der Waals surface area (Å²) in [6, 6.07) is 9.51. The van der Waals surface area contributed by atoms with Gasteiger partial charge in [0.05, 0.1) is 10.5 Å². The molecule has 1 aliphatic heterocycles. The number of aromatic nitrogens is 1. The highest BCUT2D eigenvalue weighted by atomic mass is 35.5. The van der Waals surface area contributed by atoms with Crippen molar-refractivity contribution in [2.75, 3.05) is 19.3 Å². The van der Waals surface area contributed by atoms with Gasteiger partial charge in [-0.3, -0.25) is 4.79 Å². The fourth-order valence-corrected chi connectivity index (χ4v) is 4.82. The molecule has 0 radical (unpaired) electrons. The van der Waals surface area contributed by atoms with Crippen LogP contribution in [0.25, 0.3) is 0 Å². The van der Waals surface area contributed by atoms with E-state index in [4.69, 9.17) is 11.6 Å². The summed E-state index contributed by atoms with van der Waals surface area (Å²) >= 11 is 7.19. The average molecular weight is 383 g/mol. The lowest BCUT2D eigenvalue weighted by atomic mass is 10.1. The standard InChI is InChI=1S/C16H15ClN2O3S2/c1-23-15-14(3-2-8-18-15)16(20)19-9-13(10-19)24(21,22)12-6-4-11(17)5-7-12/h2-8,13H,9-10H2,1H3. The lowest BCUT2D eigenvalue weighted by Gasteiger charge is -2.38. The van der Waals surface area contributed by atoms with Crippen molar-refractivity contribution in [1.82, 2.24) is 9.88 Å². The van der Waals surface area contributed by atoms with E-state index < -0.39 is 15.1 Å². The van der Waals surface area contributed by atoms with Gasteiger partial charge in [-0.05, 0) is 42.7 Å². The largest absolute Gasteiger partial charge is 0.336 e. The summed E-state index contributed by atoms with van der Waals surface area (Å²) in [4.78, 5) is 18.5. The van der Waals surface area contributed by atoms with Gasteiger partial charge in [0.25, 0.3) is 5.91 Å². The molecule has 126 valence electrons. The van der Waals surface area contributed by atoms with Crippen molar-refractivity contribution in [1.29, 1.82) is 0 Å². The summed E-state index contributed by atoms with van der Waals surface area (Å²) in [6.45, 7) is 0.374. The highest BCUT2D eigenvalue weighted by Crippen LogP contribution is 2.27. The van der Waals surface area contributed by atoms with Gasteiger partial charge in [0.15, 0.2) is 9.84 Å². The lowest BCUT2D eigenvalue weighted by molar-refractivity contribution is 0.0654. The third kappa shape index (κ3) is 3.16. The number of benzene rings is 1. The minimum Gasteiger partial charge on any atom is -0.336 e. The van der Waals surface area contributed by atoms with Crippen molar-refractivity contribution in [3.05, 3.63) is 53.2 Å². The van der Waals surface area contributed by atoms with E-state index in [2.05, 4.69) is 4.98 Å². The quantitative estimate of drug-likeness (QED) is 0.760. The molecule has 1 aromatic carbocycles. The van der Waals surface area contributed by atoms with Crippen molar-refractivity contribution >= 4 is 39.1 Å². The smallest absolute Gasteiger partial charge is 0.256 e. The number of hydrogen-bond donors (Lipinski definition) is 0. The Hall–Kier alpha value is -1.57. The van der Waals surface area contributed by atoms with E-state index in [9.17, 15) is 13.2 Å². The van der Waals surface area contributed by atoms with Crippen LogP contribution >= 0.6 is 23.4 Å². The molecule has 0 saturated carbocycles. The molecule has 0 spiro atoms. The highest BCUT2D eigenvalue weighted by Gasteiger charge is 2.41. The molecule has 5 nitrogen and oxygen atoms in total. The fraction of sp³-hybridized carbons (Fsp3) is 0.250. The highest BCUT2D eigenvalue weighted by molar-refractivity contribution is 7.98. The number of sulfone groups is 1. The summed E-state index contributed by atoms with van der Waals surface area (Å²) in [5.41, 5.74) is 0.507. The van der Waals surface area contributed by atoms with E-state index in [1.165, 1.54) is 28.8 Å². The van der Waals surface area contributed by atoms with Crippen LogP contribution in [0.3, 0.4) is 0 Å². The van der Waals surface area contributed by atoms with Crippen molar-refractivity contribution in [3.8, 4) is 0 Å². The van der Waals surface area contributed by atoms with Crippen LogP contribution in [-0.4, -0.2) is 48.8 Å². The van der Waals surface area contributed by atoms with Crippen LogP contribution in [0.1, 0.15) is 10.4 Å². The van der Waals surface area contributed by atoms with Crippen molar-refractivity contribution in [2.24, 2.45) is 0 Å². The molecule has 1 aromatic heterocycles. The predicted molar refractivity (Wildman–Crippen MR) is 94.3 cm³/mol. The molecule has 0 aliphatic carbocycles. The van der Waals surface area contributed by atoms with Crippen LogP contribution in [0.15, 0.2) is 52.5 Å². The molecule has 2 aromatic rings. The minimum atomic E-state index is -3.46. The first-order valence-corrected chi connectivity index (χ1v) is 10.4. The van der Waals surface area contributed by atoms with E-state index in [-0.39, 0.29) is 23.9 Å². The van der Waals surface area contributed by atoms with Crippen molar-refractivity contribution in [3.63, 3.8) is 0 Å². The van der Waals surface area contributed by atoms with Crippen LogP contribution in [0.4, 0.5) is 0 Å². The molecule has 1 amide bonds. The molecule has 3 rings (SSSR count). The van der Waals surface area contributed by atoms with Crippen LogP contribution in [0.2, 0.25) is 5.02 Å². The van der Waals surface area contributed by atoms with Gasteiger partial charge in [-0.25, -0.2) is 13.4 Å². The fourth-order valence-electron chi connectivity index (χ4n) is 2.50. The van der Waals surface area contributed by atoms with Crippen LogP contribution in [-0.2, 0) is 9.84 Å². The number of pyridine rings is 1. The van der Waals surface area contributed by atoms with Crippen molar-refractivity contribution < 1.29 is 13.2 Å². The molecular formula is C16H15ClN2O3S2. The Morgan fingerprint density at radius 3 is 2.54 bits per heavy atom. The van der Waals surface area contributed by atoms with Gasteiger partial charge < -0.3 is 4.90 Å². The van der Waals surface area contributed by atoms with Gasteiger partial charge in [0.2, 0.25) is 0 Å². The molecular weight excluding hydrogens is 368 g/mol. The van der Waals surface area contributed by atoms with Gasteiger partial charge in [0, 0.05) is 24.3 Å². The molecule has 8 heteroatoms. The second kappa shape index (κ2) is 6.74. The predicted octanol–water partition coefficient (Wildman–Crippen LogP) is 2.76. The molecule has 1 fully saturated rings. The number of carbonyl (C=O) groups is 1. The van der Waals surface area contributed by atoms with Gasteiger partial charge >= 0.3 is 0 Å². The number of halogens is 1. The number of likely N-dealkylation sites (tertiary alicyclic amines) is 1. The minimum absolute atomic E-state index is 0.185. The maximum Gasteiger partial charge on any atom is 0.256 e. The van der Waals surface area contributed by atoms with Gasteiger partial charge in [-0.15, -0.1) is 11.8 Å². The third-order valence-corrected chi connectivity index (χ3v) is 6.98. The van der Waals surface area contributed by atoms with Gasteiger partial charge in [-0.1, -0.05) is 11.6 Å². The zero-order valence-electron chi connectivity index (χ0n) is 12.8. The van der Waals surface area contributed by atoms with Gasteiger partial charge in [-0.2, -0.15) is 0 Å². The summed E-state index contributed by atoms with van der Waals surface area (Å²) in [6.07, 6.45) is 3.48. The first kappa shape index (κ1) is 17.3. The Labute approximate surface area is 150 Å². The van der Waals surface area contributed by atoms with E-state index >= 15 is 0 Å². The number of hydrogen-bond acceptors (Lipinski definition) is 5. The van der Waals surface area contributed by atoms with E-state index in [1.54, 1.807) is 30.5 Å². The number of thioether (sulfide) groups is 1. The number of rotatable bonds is 4. The monoisotopic (exact) mass is 382 g/mol. The Morgan fingerprint density at radius 2 is 1.92 bits per heavy atom. The average Bonchev–Trinajstić information content (AvgIpc) is 2.53. The van der Waals surface area contributed by atoms with Crippen LogP contribution in [0.5, 0.6) is 0 Å². The lowest BCUT2D eigenvalue weighted by Crippen LogP contribution is -2.56. The Bertz CT molecular complexity index is 863. The van der Waals surface area contributed by atoms with Crippen LogP contribution < -0.4 is 0 Å².